The van der Waals surface area contributed by atoms with E-state index in [9.17, 15) is 26.4 Å². The van der Waals surface area contributed by atoms with Gasteiger partial charge in [-0.2, -0.15) is 4.98 Å². The van der Waals surface area contributed by atoms with Gasteiger partial charge in [-0.1, -0.05) is 6.07 Å². The van der Waals surface area contributed by atoms with Gasteiger partial charge in [-0.05, 0) is 61.2 Å². The normalized spacial score (nSPS) is 16.9. The van der Waals surface area contributed by atoms with Crippen LogP contribution in [0.15, 0.2) is 53.3 Å². The van der Waals surface area contributed by atoms with Gasteiger partial charge in [-0.15, -0.1) is 0 Å². The number of rotatable bonds is 5. The van der Waals surface area contributed by atoms with Gasteiger partial charge in [-0.3, -0.25) is 9.36 Å². The van der Waals surface area contributed by atoms with Crippen molar-refractivity contribution in [3.8, 4) is 16.9 Å². The minimum Gasteiger partial charge on any atom is -0.354 e. The number of pyridine rings is 1. The second kappa shape index (κ2) is 9.05. The Morgan fingerprint density at radius 1 is 1.06 bits per heavy atom. The number of fused-ring (bicyclic) bond motifs is 1. The molecule has 0 aliphatic carbocycles. The van der Waals surface area contributed by atoms with E-state index in [2.05, 4.69) is 15.3 Å². The smallest absolute Gasteiger partial charge is 0.256 e. The van der Waals surface area contributed by atoms with Crippen molar-refractivity contribution in [3.63, 3.8) is 0 Å². The number of anilines is 1. The Morgan fingerprint density at radius 3 is 2.47 bits per heavy atom. The van der Waals surface area contributed by atoms with E-state index < -0.39 is 38.5 Å². The molecule has 4 aromatic rings. The third-order valence-corrected chi connectivity index (χ3v) is 8.07. The number of nitrogens with zero attached hydrogens (tertiary/aromatic N) is 3. The van der Waals surface area contributed by atoms with Crippen molar-refractivity contribution < 1.29 is 21.6 Å². The number of nitrogens with one attached hydrogen (secondary N) is 1. The van der Waals surface area contributed by atoms with Crippen LogP contribution in [-0.4, -0.2) is 41.0 Å². The highest BCUT2D eigenvalue weighted by molar-refractivity contribution is 7.91. The summed E-state index contributed by atoms with van der Waals surface area (Å²) >= 11 is 0. The quantitative estimate of drug-likeness (QED) is 0.433. The number of halogens is 3. The van der Waals surface area contributed by atoms with Crippen LogP contribution in [0.2, 0.25) is 0 Å². The topological polar surface area (TPSA) is 94.0 Å². The van der Waals surface area contributed by atoms with Gasteiger partial charge in [0.15, 0.2) is 15.5 Å². The fraction of sp³-hybridized carbons (Fsp3) is 0.240. The van der Waals surface area contributed by atoms with Crippen molar-refractivity contribution in [3.05, 3.63) is 81.9 Å². The summed E-state index contributed by atoms with van der Waals surface area (Å²) in [4.78, 5) is 21.9. The molecule has 11 heteroatoms. The van der Waals surface area contributed by atoms with Crippen LogP contribution < -0.4 is 10.9 Å². The molecule has 1 fully saturated rings. The molecule has 0 saturated carbocycles. The molecule has 0 radical (unpaired) electrons. The van der Waals surface area contributed by atoms with Crippen LogP contribution in [0.5, 0.6) is 0 Å². The fourth-order valence-electron chi connectivity index (χ4n) is 4.48. The third-order valence-electron chi connectivity index (χ3n) is 6.23. The summed E-state index contributed by atoms with van der Waals surface area (Å²) in [6.07, 6.45) is 0.484. The van der Waals surface area contributed by atoms with Crippen molar-refractivity contribution in [2.45, 2.75) is 13.3 Å². The lowest BCUT2D eigenvalue weighted by Gasteiger charge is -2.17. The van der Waals surface area contributed by atoms with Crippen molar-refractivity contribution in [1.82, 2.24) is 14.5 Å². The van der Waals surface area contributed by atoms with Gasteiger partial charge in [0.05, 0.1) is 17.2 Å². The highest BCUT2D eigenvalue weighted by atomic mass is 32.2. The van der Waals surface area contributed by atoms with E-state index in [1.165, 1.54) is 30.3 Å². The second-order valence-electron chi connectivity index (χ2n) is 8.82. The van der Waals surface area contributed by atoms with E-state index in [1.807, 2.05) is 0 Å². The predicted octanol–water partition coefficient (Wildman–Crippen LogP) is 4.02. The van der Waals surface area contributed by atoms with Crippen LogP contribution in [0.3, 0.4) is 0 Å². The number of para-hydroxylation sites is 1. The maximum absolute atomic E-state index is 14.7. The van der Waals surface area contributed by atoms with Gasteiger partial charge in [0.1, 0.15) is 23.1 Å². The Labute approximate surface area is 204 Å². The highest BCUT2D eigenvalue weighted by Gasteiger charge is 2.28. The molecule has 0 amide bonds. The Morgan fingerprint density at radius 2 is 1.81 bits per heavy atom. The van der Waals surface area contributed by atoms with Crippen LogP contribution in [0.25, 0.3) is 28.0 Å². The predicted molar refractivity (Wildman–Crippen MR) is 130 cm³/mol. The Kier molecular flexibility index (Phi) is 6.03. The van der Waals surface area contributed by atoms with Crippen LogP contribution >= 0.6 is 0 Å². The molecule has 0 spiro atoms. The van der Waals surface area contributed by atoms with E-state index in [4.69, 9.17) is 0 Å². The molecule has 1 aliphatic rings. The molecule has 186 valence electrons. The molecule has 2 aromatic carbocycles. The van der Waals surface area contributed by atoms with Crippen molar-refractivity contribution in [2.24, 2.45) is 5.92 Å². The lowest BCUT2D eigenvalue weighted by molar-refractivity contribution is 0.568. The van der Waals surface area contributed by atoms with Crippen LogP contribution in [-0.2, 0) is 9.84 Å². The summed E-state index contributed by atoms with van der Waals surface area (Å²) in [5, 5.41) is 3.34. The second-order valence-corrected chi connectivity index (χ2v) is 11.0. The standard InChI is InChI=1S/C25H21F3N4O3S/c1-14-11-16(26)5-6-17(14)22-18-7-8-21(33)32(23-19(27)3-2-4-20(23)28)24(18)31-25(30-22)29-12-15-9-10-36(34,35)13-15/h2-8,11,15H,9-10,12-13H2,1H3,(H,29,30,31)/t15-/m1/s1. The summed E-state index contributed by atoms with van der Waals surface area (Å²) in [6, 6.07) is 10.00. The largest absolute Gasteiger partial charge is 0.354 e. The van der Waals surface area contributed by atoms with E-state index >= 15 is 0 Å². The number of benzene rings is 2. The minimum atomic E-state index is -3.10. The average molecular weight is 515 g/mol. The van der Waals surface area contributed by atoms with E-state index in [1.54, 1.807) is 6.92 Å². The Balaban J connectivity index is 1.73. The molecule has 36 heavy (non-hydrogen) atoms. The van der Waals surface area contributed by atoms with Gasteiger partial charge >= 0.3 is 0 Å². The average Bonchev–Trinajstić information content (AvgIpc) is 3.17. The summed E-state index contributed by atoms with van der Waals surface area (Å²) in [7, 11) is -3.10. The van der Waals surface area contributed by atoms with Gasteiger partial charge in [0.25, 0.3) is 5.56 Å². The van der Waals surface area contributed by atoms with E-state index in [0.717, 1.165) is 22.8 Å². The van der Waals surface area contributed by atoms with Gasteiger partial charge < -0.3 is 5.32 Å². The van der Waals surface area contributed by atoms with E-state index in [0.29, 0.717) is 28.6 Å². The van der Waals surface area contributed by atoms with Crippen molar-refractivity contribution in [1.29, 1.82) is 0 Å². The molecule has 3 heterocycles. The van der Waals surface area contributed by atoms with Crippen LogP contribution in [0.4, 0.5) is 19.1 Å². The van der Waals surface area contributed by atoms with Gasteiger partial charge in [0, 0.05) is 23.6 Å². The molecule has 1 N–H and O–H groups in total. The minimum absolute atomic E-state index is 0.0304. The van der Waals surface area contributed by atoms with Crippen LogP contribution in [0.1, 0.15) is 12.0 Å². The first-order valence-electron chi connectivity index (χ1n) is 11.2. The molecular formula is C25H21F3N4O3S. The zero-order chi connectivity index (χ0) is 25.6. The fourth-order valence-corrected chi connectivity index (χ4v) is 6.34. The summed E-state index contributed by atoms with van der Waals surface area (Å²) in [5.74, 6) is -2.33. The Bertz CT molecular complexity index is 1650. The van der Waals surface area contributed by atoms with Gasteiger partial charge in [-0.25, -0.2) is 26.6 Å². The zero-order valence-electron chi connectivity index (χ0n) is 19.1. The maximum atomic E-state index is 14.7. The molecular weight excluding hydrogens is 493 g/mol. The number of hydrogen-bond acceptors (Lipinski definition) is 6. The lowest BCUT2D eigenvalue weighted by atomic mass is 10.0. The molecule has 0 bridgehead atoms. The highest BCUT2D eigenvalue weighted by Crippen LogP contribution is 2.31. The molecule has 7 nitrogen and oxygen atoms in total. The van der Waals surface area contributed by atoms with Crippen LogP contribution in [0, 0.1) is 30.3 Å². The van der Waals surface area contributed by atoms with Gasteiger partial charge in [0.2, 0.25) is 5.95 Å². The lowest BCUT2D eigenvalue weighted by Crippen LogP contribution is -2.22. The first-order chi connectivity index (χ1) is 17.1. The summed E-state index contributed by atoms with van der Waals surface area (Å²) in [6.45, 7) is 1.94. The zero-order valence-corrected chi connectivity index (χ0v) is 19.9. The number of sulfone groups is 1. The first-order valence-corrected chi connectivity index (χ1v) is 13.0. The molecule has 1 aliphatic heterocycles. The first kappa shape index (κ1) is 24.0. The summed E-state index contributed by atoms with van der Waals surface area (Å²) in [5.41, 5.74) is 0.0692. The van der Waals surface area contributed by atoms with Crippen molar-refractivity contribution >= 4 is 26.8 Å². The number of hydrogen-bond donors (Lipinski definition) is 1. The van der Waals surface area contributed by atoms with E-state index in [-0.39, 0.29) is 35.6 Å². The molecule has 1 atom stereocenters. The maximum Gasteiger partial charge on any atom is 0.256 e. The Hall–Kier alpha value is -3.73. The third kappa shape index (κ3) is 4.46. The monoisotopic (exact) mass is 514 g/mol. The SMILES string of the molecule is Cc1cc(F)ccc1-c1nc(NC[C@H]2CCS(=O)(=O)C2)nc2c1ccc(=O)n2-c1c(F)cccc1F. The summed E-state index contributed by atoms with van der Waals surface area (Å²) < 4.78 is 67.8. The molecule has 2 aromatic heterocycles. The number of aromatic nitrogens is 3. The molecule has 5 rings (SSSR count). The molecule has 1 saturated heterocycles. The number of aryl methyl sites for hydroxylation is 1. The van der Waals surface area contributed by atoms with Crippen molar-refractivity contribution in [2.75, 3.05) is 23.4 Å². The molecule has 0 unspecified atom stereocenters.